The molecule has 4 nitrogen and oxygen atoms in total. The Morgan fingerprint density at radius 1 is 1.13 bits per heavy atom. The number of esters is 1. The molecule has 0 aliphatic heterocycles. The van der Waals surface area contributed by atoms with Gasteiger partial charge in [0.05, 0.1) is 5.56 Å². The molecule has 0 saturated carbocycles. The lowest BCUT2D eigenvalue weighted by Crippen LogP contribution is -2.16. The predicted octanol–water partition coefficient (Wildman–Crippen LogP) is 3.54. The quantitative estimate of drug-likeness (QED) is 0.416. The van der Waals surface area contributed by atoms with E-state index in [2.05, 4.69) is 17.2 Å². The van der Waals surface area contributed by atoms with Crippen molar-refractivity contribution in [3.05, 3.63) is 65.9 Å². The van der Waals surface area contributed by atoms with Gasteiger partial charge in [0.1, 0.15) is 5.75 Å². The molecule has 3 aromatic rings. The Kier molecular flexibility index (Phi) is 4.74. The Hall–Kier alpha value is -2.59. The van der Waals surface area contributed by atoms with E-state index in [-0.39, 0.29) is 5.97 Å². The van der Waals surface area contributed by atoms with E-state index in [1.54, 1.807) is 12.1 Å². The van der Waals surface area contributed by atoms with E-state index >= 15 is 0 Å². The molecule has 0 fully saturated rings. The van der Waals surface area contributed by atoms with Gasteiger partial charge in [-0.25, -0.2) is 4.79 Å². The number of fused-ring (bicyclic) bond motifs is 1. The summed E-state index contributed by atoms with van der Waals surface area (Å²) in [6.07, 6.45) is 2.87. The van der Waals surface area contributed by atoms with Crippen LogP contribution < -0.4 is 10.1 Å². The van der Waals surface area contributed by atoms with Crippen LogP contribution in [0.5, 0.6) is 5.75 Å². The standard InChI is InChI=1S/C19H20N2O2/c1-2-20-12-11-15-13-21-16-9-6-10-17(18(15)16)23-19(22)14-7-4-3-5-8-14/h3-10,13,20-21H,2,11-12H2,1H3. The fourth-order valence-corrected chi connectivity index (χ4v) is 2.63. The lowest BCUT2D eigenvalue weighted by Gasteiger charge is -2.08. The summed E-state index contributed by atoms with van der Waals surface area (Å²) in [5.74, 6) is 0.265. The molecule has 23 heavy (non-hydrogen) atoms. The van der Waals surface area contributed by atoms with Gasteiger partial charge in [0, 0.05) is 17.1 Å². The molecule has 0 bridgehead atoms. The highest BCUT2D eigenvalue weighted by Gasteiger charge is 2.14. The summed E-state index contributed by atoms with van der Waals surface area (Å²) in [7, 11) is 0. The molecular weight excluding hydrogens is 288 g/mol. The summed E-state index contributed by atoms with van der Waals surface area (Å²) >= 11 is 0. The Morgan fingerprint density at radius 3 is 2.74 bits per heavy atom. The Bertz CT molecular complexity index is 793. The summed E-state index contributed by atoms with van der Waals surface area (Å²) < 4.78 is 5.64. The molecule has 0 spiro atoms. The van der Waals surface area contributed by atoms with Crippen molar-refractivity contribution in [2.75, 3.05) is 13.1 Å². The number of aromatic amines is 1. The van der Waals surface area contributed by atoms with Crippen LogP contribution in [-0.2, 0) is 6.42 Å². The second kappa shape index (κ2) is 7.11. The molecular formula is C19H20N2O2. The minimum atomic E-state index is -0.336. The lowest BCUT2D eigenvalue weighted by molar-refractivity contribution is 0.0737. The number of carbonyl (C=O) groups excluding carboxylic acids is 1. The van der Waals surface area contributed by atoms with Gasteiger partial charge >= 0.3 is 5.97 Å². The van der Waals surface area contributed by atoms with Crippen LogP contribution in [-0.4, -0.2) is 24.0 Å². The van der Waals surface area contributed by atoms with Crippen molar-refractivity contribution < 1.29 is 9.53 Å². The van der Waals surface area contributed by atoms with Crippen LogP contribution in [0.1, 0.15) is 22.8 Å². The summed E-state index contributed by atoms with van der Waals surface area (Å²) in [5, 5.41) is 4.30. The first-order valence-electron chi connectivity index (χ1n) is 7.86. The van der Waals surface area contributed by atoms with Gasteiger partial charge in [0.15, 0.2) is 0 Å². The molecule has 2 aromatic carbocycles. The van der Waals surface area contributed by atoms with E-state index in [1.165, 1.54) is 0 Å². The number of nitrogens with one attached hydrogen (secondary N) is 2. The number of carbonyl (C=O) groups is 1. The molecule has 0 unspecified atom stereocenters. The van der Waals surface area contributed by atoms with Crippen LogP contribution in [0.4, 0.5) is 0 Å². The number of H-pyrrole nitrogens is 1. The molecule has 1 heterocycles. The molecule has 3 rings (SSSR count). The smallest absolute Gasteiger partial charge is 0.343 e. The number of likely N-dealkylation sites (N-methyl/N-ethyl adjacent to an activating group) is 1. The van der Waals surface area contributed by atoms with E-state index in [9.17, 15) is 4.79 Å². The number of hydrogen-bond acceptors (Lipinski definition) is 3. The van der Waals surface area contributed by atoms with Crippen LogP contribution in [0.25, 0.3) is 10.9 Å². The largest absolute Gasteiger partial charge is 0.422 e. The first-order chi connectivity index (χ1) is 11.3. The van der Waals surface area contributed by atoms with Gasteiger partial charge in [-0.3, -0.25) is 0 Å². The Morgan fingerprint density at radius 2 is 1.96 bits per heavy atom. The highest BCUT2D eigenvalue weighted by molar-refractivity contribution is 5.96. The van der Waals surface area contributed by atoms with Gasteiger partial charge < -0.3 is 15.0 Å². The highest BCUT2D eigenvalue weighted by Crippen LogP contribution is 2.29. The van der Waals surface area contributed by atoms with E-state index in [0.29, 0.717) is 11.3 Å². The Labute approximate surface area is 135 Å². The van der Waals surface area contributed by atoms with E-state index in [0.717, 1.165) is 36.0 Å². The van der Waals surface area contributed by atoms with Crippen molar-refractivity contribution in [1.29, 1.82) is 0 Å². The van der Waals surface area contributed by atoms with Gasteiger partial charge in [0.25, 0.3) is 0 Å². The lowest BCUT2D eigenvalue weighted by atomic mass is 10.1. The van der Waals surface area contributed by atoms with Crippen LogP contribution in [0.2, 0.25) is 0 Å². The monoisotopic (exact) mass is 308 g/mol. The molecule has 2 N–H and O–H groups in total. The molecule has 118 valence electrons. The maximum Gasteiger partial charge on any atom is 0.343 e. The van der Waals surface area contributed by atoms with Crippen molar-refractivity contribution >= 4 is 16.9 Å². The number of aromatic nitrogens is 1. The minimum Gasteiger partial charge on any atom is -0.422 e. The summed E-state index contributed by atoms with van der Waals surface area (Å²) in [6, 6.07) is 14.8. The summed E-state index contributed by atoms with van der Waals surface area (Å²) in [6.45, 7) is 3.92. The number of ether oxygens (including phenoxy) is 1. The van der Waals surface area contributed by atoms with Crippen LogP contribution in [0, 0.1) is 0 Å². The Balaban J connectivity index is 1.88. The van der Waals surface area contributed by atoms with Crippen molar-refractivity contribution in [2.24, 2.45) is 0 Å². The fourth-order valence-electron chi connectivity index (χ4n) is 2.63. The van der Waals surface area contributed by atoms with Crippen LogP contribution >= 0.6 is 0 Å². The summed E-state index contributed by atoms with van der Waals surface area (Å²) in [5.41, 5.74) is 2.68. The second-order valence-electron chi connectivity index (χ2n) is 5.35. The summed E-state index contributed by atoms with van der Waals surface area (Å²) in [4.78, 5) is 15.6. The van der Waals surface area contributed by atoms with Crippen molar-refractivity contribution in [3.8, 4) is 5.75 Å². The third-order valence-electron chi connectivity index (χ3n) is 3.78. The van der Waals surface area contributed by atoms with Crippen LogP contribution in [0.3, 0.4) is 0 Å². The normalized spacial score (nSPS) is 10.8. The SMILES string of the molecule is CCNCCc1c[nH]c2cccc(OC(=O)c3ccccc3)c12. The first kappa shape index (κ1) is 15.3. The van der Waals surface area contributed by atoms with Gasteiger partial charge in [-0.05, 0) is 49.3 Å². The van der Waals surface area contributed by atoms with E-state index in [1.807, 2.05) is 42.6 Å². The molecule has 0 aliphatic rings. The predicted molar refractivity (Wildman–Crippen MR) is 91.9 cm³/mol. The van der Waals surface area contributed by atoms with Crippen molar-refractivity contribution in [3.63, 3.8) is 0 Å². The molecule has 0 saturated heterocycles. The number of hydrogen-bond donors (Lipinski definition) is 2. The zero-order valence-electron chi connectivity index (χ0n) is 13.1. The molecule has 0 aliphatic carbocycles. The van der Waals surface area contributed by atoms with Gasteiger partial charge in [-0.1, -0.05) is 31.2 Å². The topological polar surface area (TPSA) is 54.1 Å². The van der Waals surface area contributed by atoms with E-state index < -0.39 is 0 Å². The molecule has 4 heteroatoms. The number of benzene rings is 2. The molecule has 0 amide bonds. The minimum absolute atomic E-state index is 0.336. The fraction of sp³-hybridized carbons (Fsp3) is 0.211. The van der Waals surface area contributed by atoms with E-state index in [4.69, 9.17) is 4.74 Å². The average Bonchev–Trinajstić information content (AvgIpc) is 3.00. The van der Waals surface area contributed by atoms with Crippen molar-refractivity contribution in [1.82, 2.24) is 10.3 Å². The van der Waals surface area contributed by atoms with Gasteiger partial charge in [-0.15, -0.1) is 0 Å². The molecule has 0 radical (unpaired) electrons. The first-order valence-corrected chi connectivity index (χ1v) is 7.86. The van der Waals surface area contributed by atoms with Gasteiger partial charge in [-0.2, -0.15) is 0 Å². The van der Waals surface area contributed by atoms with Crippen LogP contribution in [0.15, 0.2) is 54.7 Å². The molecule has 1 aromatic heterocycles. The van der Waals surface area contributed by atoms with Gasteiger partial charge in [0.2, 0.25) is 0 Å². The molecule has 0 atom stereocenters. The zero-order chi connectivity index (χ0) is 16.1. The third-order valence-corrected chi connectivity index (χ3v) is 3.78. The maximum atomic E-state index is 12.3. The maximum absolute atomic E-state index is 12.3. The second-order valence-corrected chi connectivity index (χ2v) is 5.35. The average molecular weight is 308 g/mol. The highest BCUT2D eigenvalue weighted by atomic mass is 16.5. The van der Waals surface area contributed by atoms with Crippen molar-refractivity contribution in [2.45, 2.75) is 13.3 Å². The third kappa shape index (κ3) is 3.43. The zero-order valence-corrected chi connectivity index (χ0v) is 13.1. The number of rotatable bonds is 6.